The van der Waals surface area contributed by atoms with Crippen LogP contribution < -0.4 is 15.5 Å². The number of carbonyl (C=O) groups excluding carboxylic acids is 2. The Morgan fingerprint density at radius 2 is 1.70 bits per heavy atom. The summed E-state index contributed by atoms with van der Waals surface area (Å²) < 4.78 is 0. The van der Waals surface area contributed by atoms with Crippen molar-refractivity contribution in [1.82, 2.24) is 10.6 Å². The molecule has 2 N–H and O–H groups in total. The molecule has 3 aromatic rings. The highest BCUT2D eigenvalue weighted by Gasteiger charge is 2.28. The summed E-state index contributed by atoms with van der Waals surface area (Å²) in [7, 11) is 0. The topological polar surface area (TPSA) is 61.4 Å². The van der Waals surface area contributed by atoms with Gasteiger partial charge in [-0.2, -0.15) is 0 Å². The fraction of sp³-hybridized carbons (Fsp3) is 0.250. The number of hydrogen-bond donors (Lipinski definition) is 2. The Kier molecular flexibility index (Phi) is 6.44. The maximum Gasteiger partial charge on any atom is 0.309 e. The van der Waals surface area contributed by atoms with E-state index in [2.05, 4.69) is 39.8 Å². The lowest BCUT2D eigenvalue weighted by Crippen LogP contribution is -2.44. The molecule has 2 aromatic carbocycles. The molecule has 6 heteroatoms. The number of nitrogens with zero attached hydrogens (tertiary/aromatic N) is 1. The van der Waals surface area contributed by atoms with Gasteiger partial charge in [-0.1, -0.05) is 54.6 Å². The van der Waals surface area contributed by atoms with E-state index in [-0.39, 0.29) is 6.04 Å². The van der Waals surface area contributed by atoms with Gasteiger partial charge in [0.15, 0.2) is 0 Å². The molecule has 0 aliphatic carbocycles. The number of thiophene rings is 1. The number of anilines is 1. The molecule has 5 nitrogen and oxygen atoms in total. The van der Waals surface area contributed by atoms with Crippen molar-refractivity contribution in [1.29, 1.82) is 0 Å². The van der Waals surface area contributed by atoms with E-state index < -0.39 is 11.8 Å². The Morgan fingerprint density at radius 1 is 0.933 bits per heavy atom. The van der Waals surface area contributed by atoms with Crippen LogP contribution in [-0.4, -0.2) is 31.4 Å². The first-order valence-electron chi connectivity index (χ1n) is 10.2. The smallest absolute Gasteiger partial charge is 0.309 e. The predicted molar refractivity (Wildman–Crippen MR) is 121 cm³/mol. The van der Waals surface area contributed by atoms with Gasteiger partial charge in [0.25, 0.3) is 0 Å². The maximum atomic E-state index is 12.4. The van der Waals surface area contributed by atoms with Gasteiger partial charge in [0.1, 0.15) is 0 Å². The van der Waals surface area contributed by atoms with Crippen LogP contribution in [-0.2, 0) is 22.4 Å². The van der Waals surface area contributed by atoms with Gasteiger partial charge < -0.3 is 15.5 Å². The number of rotatable bonds is 7. The predicted octanol–water partition coefficient (Wildman–Crippen LogP) is 3.33. The van der Waals surface area contributed by atoms with Gasteiger partial charge in [0, 0.05) is 30.2 Å². The van der Waals surface area contributed by atoms with Gasteiger partial charge in [-0.25, -0.2) is 0 Å². The van der Waals surface area contributed by atoms with E-state index in [1.165, 1.54) is 16.1 Å². The largest absolute Gasteiger partial charge is 0.361 e. The van der Waals surface area contributed by atoms with Gasteiger partial charge in [-0.05, 0) is 41.5 Å². The molecule has 0 bridgehead atoms. The average Bonchev–Trinajstić information content (AvgIpc) is 3.45. The second-order valence-electron chi connectivity index (χ2n) is 7.30. The van der Waals surface area contributed by atoms with Crippen LogP contribution in [0.4, 0.5) is 5.69 Å². The van der Waals surface area contributed by atoms with Crippen molar-refractivity contribution in [3.05, 3.63) is 88.1 Å². The maximum absolute atomic E-state index is 12.4. The lowest BCUT2D eigenvalue weighted by molar-refractivity contribution is -0.139. The zero-order chi connectivity index (χ0) is 20.8. The fourth-order valence-electron chi connectivity index (χ4n) is 3.85. The van der Waals surface area contributed by atoms with Crippen LogP contribution in [0.25, 0.3) is 0 Å². The third-order valence-corrected chi connectivity index (χ3v) is 6.35. The Labute approximate surface area is 180 Å². The van der Waals surface area contributed by atoms with Crippen LogP contribution in [0.3, 0.4) is 0 Å². The molecule has 0 saturated heterocycles. The quantitative estimate of drug-likeness (QED) is 0.578. The second-order valence-corrected chi connectivity index (χ2v) is 8.28. The van der Waals surface area contributed by atoms with Crippen molar-refractivity contribution in [2.45, 2.75) is 18.9 Å². The van der Waals surface area contributed by atoms with Gasteiger partial charge in [0.2, 0.25) is 0 Å². The monoisotopic (exact) mass is 419 g/mol. The molecule has 0 fully saturated rings. The van der Waals surface area contributed by atoms with Crippen molar-refractivity contribution < 1.29 is 9.59 Å². The summed E-state index contributed by atoms with van der Waals surface area (Å²) in [6, 6.07) is 22.4. The van der Waals surface area contributed by atoms with E-state index in [1.807, 2.05) is 47.8 Å². The molecule has 1 aliphatic heterocycles. The number of nitrogens with one attached hydrogen (secondary N) is 2. The summed E-state index contributed by atoms with van der Waals surface area (Å²) in [5, 5.41) is 7.60. The van der Waals surface area contributed by atoms with Crippen molar-refractivity contribution in [2.75, 3.05) is 24.5 Å². The minimum atomic E-state index is -0.586. The third kappa shape index (κ3) is 4.71. The fourth-order valence-corrected chi connectivity index (χ4v) is 4.69. The zero-order valence-electron chi connectivity index (χ0n) is 16.7. The van der Waals surface area contributed by atoms with Crippen LogP contribution in [0, 0.1) is 0 Å². The molecule has 0 unspecified atom stereocenters. The number of carbonyl (C=O) groups is 2. The van der Waals surface area contributed by atoms with Crippen molar-refractivity contribution in [3.8, 4) is 0 Å². The molecule has 0 saturated carbocycles. The first-order valence-corrected chi connectivity index (χ1v) is 11.1. The van der Waals surface area contributed by atoms with Crippen molar-refractivity contribution in [3.63, 3.8) is 0 Å². The Balaban J connectivity index is 1.35. The summed E-state index contributed by atoms with van der Waals surface area (Å²) in [5.74, 6) is -1.17. The van der Waals surface area contributed by atoms with Gasteiger partial charge in [0.05, 0.1) is 6.04 Å². The van der Waals surface area contributed by atoms with E-state index in [1.54, 1.807) is 11.3 Å². The minimum Gasteiger partial charge on any atom is -0.361 e. The first kappa shape index (κ1) is 20.2. The molecule has 1 aromatic heterocycles. The third-order valence-electron chi connectivity index (χ3n) is 5.38. The normalized spacial score (nSPS) is 13.5. The number of amides is 2. The SMILES string of the molecule is O=C(NCCc1ccccc1)C(=O)NC[C@@H](c1cccs1)N1CCc2ccccc21. The highest BCUT2D eigenvalue weighted by atomic mass is 32.1. The molecular formula is C24H25N3O2S. The van der Waals surface area contributed by atoms with Crippen LogP contribution in [0.15, 0.2) is 72.1 Å². The summed E-state index contributed by atoms with van der Waals surface area (Å²) in [6.45, 7) is 1.73. The number of fused-ring (bicyclic) bond motifs is 1. The van der Waals surface area contributed by atoms with E-state index in [0.29, 0.717) is 19.5 Å². The Bertz CT molecular complexity index is 989. The summed E-state index contributed by atoms with van der Waals surface area (Å²) in [4.78, 5) is 28.1. The highest BCUT2D eigenvalue weighted by Crippen LogP contribution is 2.36. The molecular weight excluding hydrogens is 394 g/mol. The molecule has 2 heterocycles. The highest BCUT2D eigenvalue weighted by molar-refractivity contribution is 7.10. The minimum absolute atomic E-state index is 0.00900. The molecule has 0 radical (unpaired) electrons. The molecule has 154 valence electrons. The first-order chi connectivity index (χ1) is 14.7. The van der Waals surface area contributed by atoms with Crippen LogP contribution in [0.5, 0.6) is 0 Å². The van der Waals surface area contributed by atoms with E-state index in [9.17, 15) is 9.59 Å². The summed E-state index contributed by atoms with van der Waals surface area (Å²) in [6.07, 6.45) is 1.69. The summed E-state index contributed by atoms with van der Waals surface area (Å²) in [5.41, 5.74) is 3.66. The lowest BCUT2D eigenvalue weighted by Gasteiger charge is -2.30. The standard InChI is InChI=1S/C24H25N3O2S/c28-23(25-14-12-18-7-2-1-3-8-18)24(29)26-17-21(22-11-6-16-30-22)27-15-13-19-9-4-5-10-20(19)27/h1-11,16,21H,12-15,17H2,(H,25,28)(H,26,29)/t21-/m0/s1. The van der Waals surface area contributed by atoms with Gasteiger partial charge >= 0.3 is 11.8 Å². The molecule has 4 rings (SSSR count). The van der Waals surface area contributed by atoms with Crippen LogP contribution in [0.1, 0.15) is 22.0 Å². The Hall–Kier alpha value is -3.12. The van der Waals surface area contributed by atoms with Crippen LogP contribution in [0.2, 0.25) is 0 Å². The van der Waals surface area contributed by atoms with Gasteiger partial charge in [-0.3, -0.25) is 9.59 Å². The molecule has 2 amide bonds. The van der Waals surface area contributed by atoms with Gasteiger partial charge in [-0.15, -0.1) is 11.3 Å². The van der Waals surface area contributed by atoms with E-state index in [0.717, 1.165) is 18.5 Å². The number of hydrogen-bond acceptors (Lipinski definition) is 4. The van der Waals surface area contributed by atoms with Crippen molar-refractivity contribution in [2.24, 2.45) is 0 Å². The molecule has 30 heavy (non-hydrogen) atoms. The molecule has 0 spiro atoms. The van der Waals surface area contributed by atoms with E-state index >= 15 is 0 Å². The Morgan fingerprint density at radius 3 is 2.50 bits per heavy atom. The van der Waals surface area contributed by atoms with E-state index in [4.69, 9.17) is 0 Å². The van der Waals surface area contributed by atoms with Crippen LogP contribution >= 0.6 is 11.3 Å². The van der Waals surface area contributed by atoms with Crippen molar-refractivity contribution >= 4 is 28.8 Å². The molecule has 1 atom stereocenters. The second kappa shape index (κ2) is 9.59. The average molecular weight is 420 g/mol. The molecule has 1 aliphatic rings. The zero-order valence-corrected chi connectivity index (χ0v) is 17.5. The summed E-state index contributed by atoms with van der Waals surface area (Å²) >= 11 is 1.67. The lowest BCUT2D eigenvalue weighted by atomic mass is 10.1. The number of benzene rings is 2. The number of para-hydroxylation sites is 1.